The fraction of sp³-hybridized carbons (Fsp3) is 0.562. The Hall–Kier alpha value is -1.94. The van der Waals surface area contributed by atoms with Crippen molar-refractivity contribution >= 4 is 16.0 Å². The van der Waals surface area contributed by atoms with E-state index in [0.29, 0.717) is 37.6 Å². The molecule has 2 rings (SSSR count). The highest BCUT2D eigenvalue weighted by Gasteiger charge is 2.27. The minimum absolute atomic E-state index is 0.108. The third-order valence-corrected chi connectivity index (χ3v) is 5.92. The van der Waals surface area contributed by atoms with Gasteiger partial charge in [-0.2, -0.15) is 8.78 Å². The Balaban J connectivity index is 1.88. The largest absolute Gasteiger partial charge is 0.434 e. The van der Waals surface area contributed by atoms with Crippen LogP contribution in [0.4, 0.5) is 8.78 Å². The van der Waals surface area contributed by atoms with Crippen molar-refractivity contribution in [1.82, 2.24) is 14.9 Å². The monoisotopic (exact) mass is 390 g/mol. The van der Waals surface area contributed by atoms with E-state index in [-0.39, 0.29) is 18.0 Å². The zero-order valence-electron chi connectivity index (χ0n) is 14.8. The number of hydrogen-bond donors (Lipinski definition) is 2. The van der Waals surface area contributed by atoms with Gasteiger partial charge in [0.15, 0.2) is 5.96 Å². The van der Waals surface area contributed by atoms with Crippen molar-refractivity contribution in [3.63, 3.8) is 0 Å². The van der Waals surface area contributed by atoms with Gasteiger partial charge in [-0.05, 0) is 19.4 Å². The van der Waals surface area contributed by atoms with Gasteiger partial charge in [-0.25, -0.2) is 12.7 Å². The zero-order chi connectivity index (χ0) is 19.2. The van der Waals surface area contributed by atoms with Crippen molar-refractivity contribution < 1.29 is 21.9 Å². The predicted molar refractivity (Wildman–Crippen MR) is 96.0 cm³/mol. The molecule has 0 amide bonds. The van der Waals surface area contributed by atoms with E-state index in [1.54, 1.807) is 19.2 Å². The summed E-state index contributed by atoms with van der Waals surface area (Å²) < 4.78 is 54.5. The van der Waals surface area contributed by atoms with Crippen molar-refractivity contribution in [2.24, 2.45) is 4.99 Å². The third kappa shape index (κ3) is 5.80. The van der Waals surface area contributed by atoms with Crippen molar-refractivity contribution in [3.05, 3.63) is 29.3 Å². The number of halogens is 2. The first-order valence-electron chi connectivity index (χ1n) is 8.28. The van der Waals surface area contributed by atoms with Crippen LogP contribution in [0.5, 0.6) is 5.75 Å². The molecule has 1 fully saturated rings. The second-order valence-electron chi connectivity index (χ2n) is 5.91. The number of alkyl halides is 2. The summed E-state index contributed by atoms with van der Waals surface area (Å²) in [5, 5.41) is 6.04. The molecule has 0 unspecified atom stereocenters. The normalized spacial score (nSPS) is 17.5. The molecule has 0 bridgehead atoms. The second-order valence-corrected chi connectivity index (χ2v) is 8.00. The highest BCUT2D eigenvalue weighted by atomic mass is 32.2. The number of hydrogen-bond acceptors (Lipinski definition) is 4. The average molecular weight is 390 g/mol. The van der Waals surface area contributed by atoms with E-state index < -0.39 is 16.6 Å². The first kappa shape index (κ1) is 20.4. The van der Waals surface area contributed by atoms with E-state index in [1.165, 1.54) is 10.4 Å². The van der Waals surface area contributed by atoms with Crippen LogP contribution in [0, 0.1) is 6.92 Å². The smallest absolute Gasteiger partial charge is 0.387 e. The molecule has 0 radical (unpaired) electrons. The molecule has 0 saturated carbocycles. The number of aryl methyl sites for hydroxylation is 1. The molecule has 146 valence electrons. The van der Waals surface area contributed by atoms with Crippen molar-refractivity contribution in [1.29, 1.82) is 0 Å². The second kappa shape index (κ2) is 9.13. The summed E-state index contributed by atoms with van der Waals surface area (Å²) in [6.07, 6.45) is 0.648. The number of rotatable bonds is 7. The number of sulfonamides is 1. The molecule has 0 atom stereocenters. The number of nitrogens with one attached hydrogen (secondary N) is 2. The first-order chi connectivity index (χ1) is 12.3. The Labute approximate surface area is 152 Å². The molecule has 1 aromatic carbocycles. The van der Waals surface area contributed by atoms with Gasteiger partial charge >= 0.3 is 6.61 Å². The molecule has 0 spiro atoms. The molecule has 1 aliphatic heterocycles. The Kier molecular flexibility index (Phi) is 7.15. The molecule has 2 N–H and O–H groups in total. The van der Waals surface area contributed by atoms with E-state index >= 15 is 0 Å². The van der Waals surface area contributed by atoms with Crippen LogP contribution in [0.2, 0.25) is 0 Å². The predicted octanol–water partition coefficient (Wildman–Crippen LogP) is 1.30. The van der Waals surface area contributed by atoms with Crippen LogP contribution in [0.3, 0.4) is 0 Å². The average Bonchev–Trinajstić information content (AvgIpc) is 2.91. The molecular weight excluding hydrogens is 366 g/mol. The highest BCUT2D eigenvalue weighted by molar-refractivity contribution is 7.89. The maximum Gasteiger partial charge on any atom is 0.387 e. The minimum atomic E-state index is -3.12. The molecule has 1 aliphatic rings. The van der Waals surface area contributed by atoms with Gasteiger partial charge < -0.3 is 15.4 Å². The molecule has 10 heteroatoms. The van der Waals surface area contributed by atoms with E-state index in [4.69, 9.17) is 0 Å². The van der Waals surface area contributed by atoms with Crippen molar-refractivity contribution in [3.8, 4) is 5.75 Å². The number of benzene rings is 1. The van der Waals surface area contributed by atoms with Crippen LogP contribution in [-0.4, -0.2) is 57.7 Å². The maximum absolute atomic E-state index is 12.5. The van der Waals surface area contributed by atoms with E-state index in [2.05, 4.69) is 20.4 Å². The lowest BCUT2D eigenvalue weighted by Crippen LogP contribution is -2.41. The summed E-state index contributed by atoms with van der Waals surface area (Å²) in [5.74, 6) is 0.753. The van der Waals surface area contributed by atoms with Gasteiger partial charge in [0.2, 0.25) is 10.0 Å². The van der Waals surface area contributed by atoms with E-state index in [1.807, 2.05) is 6.92 Å². The van der Waals surface area contributed by atoms with Gasteiger partial charge in [0.25, 0.3) is 0 Å². The third-order valence-electron chi connectivity index (χ3n) is 3.96. The molecule has 1 saturated heterocycles. The van der Waals surface area contributed by atoms with Crippen LogP contribution >= 0.6 is 0 Å². The van der Waals surface area contributed by atoms with E-state index in [0.717, 1.165) is 5.56 Å². The van der Waals surface area contributed by atoms with Gasteiger partial charge in [-0.1, -0.05) is 17.7 Å². The molecule has 0 aromatic heterocycles. The number of ether oxygens (including phenoxy) is 1. The summed E-state index contributed by atoms with van der Waals surface area (Å²) in [4.78, 5) is 4.05. The van der Waals surface area contributed by atoms with Gasteiger partial charge in [0.1, 0.15) is 5.75 Å². The summed E-state index contributed by atoms with van der Waals surface area (Å²) in [6.45, 7) is 0.495. The number of guanidine groups is 1. The van der Waals surface area contributed by atoms with Gasteiger partial charge in [0.05, 0.1) is 5.75 Å². The topological polar surface area (TPSA) is 83.0 Å². The Morgan fingerprint density at radius 2 is 2.15 bits per heavy atom. The van der Waals surface area contributed by atoms with Crippen LogP contribution in [0.25, 0.3) is 0 Å². The Morgan fingerprint density at radius 3 is 2.77 bits per heavy atom. The lowest BCUT2D eigenvalue weighted by Gasteiger charge is -2.17. The van der Waals surface area contributed by atoms with Gasteiger partial charge in [0, 0.05) is 38.8 Å². The fourth-order valence-corrected chi connectivity index (χ4v) is 4.23. The maximum atomic E-state index is 12.5. The summed E-state index contributed by atoms with van der Waals surface area (Å²) in [5.41, 5.74) is 1.50. The van der Waals surface area contributed by atoms with Crippen LogP contribution in [0.1, 0.15) is 17.5 Å². The Bertz CT molecular complexity index is 741. The van der Waals surface area contributed by atoms with Crippen molar-refractivity contribution in [2.75, 3.05) is 32.4 Å². The van der Waals surface area contributed by atoms with Crippen LogP contribution in [0.15, 0.2) is 23.2 Å². The minimum Gasteiger partial charge on any atom is -0.434 e. The van der Waals surface area contributed by atoms with Crippen LogP contribution in [-0.2, 0) is 16.6 Å². The first-order valence-corrected chi connectivity index (χ1v) is 9.89. The fourth-order valence-electron chi connectivity index (χ4n) is 2.70. The van der Waals surface area contributed by atoms with Gasteiger partial charge in [-0.3, -0.25) is 4.99 Å². The molecular formula is C16H24F2N4O3S. The number of nitrogens with zero attached hydrogens (tertiary/aromatic N) is 2. The molecule has 0 aliphatic carbocycles. The zero-order valence-corrected chi connectivity index (χ0v) is 15.7. The summed E-state index contributed by atoms with van der Waals surface area (Å²) >= 11 is 0. The summed E-state index contributed by atoms with van der Waals surface area (Å²) in [7, 11) is -1.55. The summed E-state index contributed by atoms with van der Waals surface area (Å²) in [6, 6.07) is 4.96. The Morgan fingerprint density at radius 1 is 1.38 bits per heavy atom. The quantitative estimate of drug-likeness (QED) is 0.542. The molecule has 1 heterocycles. The lowest BCUT2D eigenvalue weighted by molar-refractivity contribution is -0.0504. The molecule has 7 nitrogen and oxygen atoms in total. The number of aliphatic imine (C=N–C) groups is 1. The SMILES string of the molecule is CN=C(NCCN1CCCS1(=O)=O)NCc1cc(C)ccc1OC(F)F. The van der Waals surface area contributed by atoms with E-state index in [9.17, 15) is 17.2 Å². The van der Waals surface area contributed by atoms with Crippen molar-refractivity contribution in [2.45, 2.75) is 26.5 Å². The van der Waals surface area contributed by atoms with Gasteiger partial charge in [-0.15, -0.1) is 0 Å². The molecule has 26 heavy (non-hydrogen) atoms. The highest BCUT2D eigenvalue weighted by Crippen LogP contribution is 2.22. The lowest BCUT2D eigenvalue weighted by atomic mass is 10.1. The standard InChI is InChI=1S/C16H24F2N4O3S/c1-12-4-5-14(25-15(17)18)13(10-12)11-21-16(19-2)20-6-8-22-7-3-9-26(22,23)24/h4-5,10,15H,3,6-9,11H2,1-2H3,(H2,19,20,21). The van der Waals surface area contributed by atoms with Crippen LogP contribution < -0.4 is 15.4 Å². The molecule has 1 aromatic rings.